The normalized spacial score (nSPS) is 13.5. The molecule has 5 nitrogen and oxygen atoms in total. The highest BCUT2D eigenvalue weighted by Crippen LogP contribution is 2.14. The Morgan fingerprint density at radius 3 is 2.75 bits per heavy atom. The Hall–Kier alpha value is -1.14. The molecule has 0 fully saturated rings. The second-order valence-corrected chi connectivity index (χ2v) is 5.32. The van der Waals surface area contributed by atoms with Crippen LogP contribution < -0.4 is 5.73 Å². The van der Waals surface area contributed by atoms with Crippen molar-refractivity contribution in [3.63, 3.8) is 0 Å². The topological polar surface area (TPSA) is 85.4 Å². The molecular weight excluding hydrogens is 228 g/mol. The van der Waals surface area contributed by atoms with E-state index in [0.29, 0.717) is 10.8 Å². The number of nitrogens with zero attached hydrogens (tertiary/aromatic N) is 1. The van der Waals surface area contributed by atoms with Crippen LogP contribution in [0.1, 0.15) is 26.5 Å². The summed E-state index contributed by atoms with van der Waals surface area (Å²) in [5.41, 5.74) is 5.44. The van der Waals surface area contributed by atoms with Gasteiger partial charge in [-0.15, -0.1) is 11.3 Å². The van der Waals surface area contributed by atoms with E-state index in [1.54, 1.807) is 26.2 Å². The Kier molecular flexibility index (Phi) is 3.88. The molecule has 0 saturated carbocycles. The molecule has 0 aromatic carbocycles. The maximum absolute atomic E-state index is 11.4. The molecule has 1 rings (SSSR count). The number of esters is 1. The van der Waals surface area contributed by atoms with E-state index in [4.69, 9.17) is 10.5 Å². The number of hydrogen-bond acceptors (Lipinski definition) is 6. The fourth-order valence-corrected chi connectivity index (χ4v) is 1.64. The molecule has 1 atom stereocenters. The van der Waals surface area contributed by atoms with Gasteiger partial charge in [0.2, 0.25) is 0 Å². The molecule has 0 amide bonds. The van der Waals surface area contributed by atoms with Crippen LogP contribution in [0.2, 0.25) is 0 Å². The van der Waals surface area contributed by atoms with Crippen molar-refractivity contribution in [2.24, 2.45) is 0 Å². The first kappa shape index (κ1) is 12.9. The lowest BCUT2D eigenvalue weighted by Gasteiger charge is -2.21. The molecule has 0 spiro atoms. The van der Waals surface area contributed by atoms with Crippen LogP contribution in [-0.4, -0.2) is 27.8 Å². The zero-order valence-electron chi connectivity index (χ0n) is 9.56. The van der Waals surface area contributed by atoms with E-state index in [-0.39, 0.29) is 6.42 Å². The van der Waals surface area contributed by atoms with Gasteiger partial charge in [-0.1, -0.05) is 0 Å². The van der Waals surface area contributed by atoms with E-state index < -0.39 is 17.7 Å². The van der Waals surface area contributed by atoms with Crippen molar-refractivity contribution in [3.05, 3.63) is 11.1 Å². The average molecular weight is 244 g/mol. The van der Waals surface area contributed by atoms with Crippen LogP contribution in [-0.2, 0) is 16.0 Å². The zero-order valence-corrected chi connectivity index (χ0v) is 10.4. The number of carbonyl (C=O) groups is 1. The number of aliphatic hydroxyl groups excluding tert-OH is 1. The van der Waals surface area contributed by atoms with Crippen molar-refractivity contribution in [3.8, 4) is 0 Å². The van der Waals surface area contributed by atoms with Crippen molar-refractivity contribution in [1.82, 2.24) is 4.98 Å². The van der Waals surface area contributed by atoms with Gasteiger partial charge in [0.1, 0.15) is 5.60 Å². The molecule has 0 aliphatic rings. The van der Waals surface area contributed by atoms with E-state index in [1.807, 2.05) is 0 Å². The number of thiazole rings is 1. The Morgan fingerprint density at radius 1 is 1.69 bits per heavy atom. The lowest BCUT2D eigenvalue weighted by molar-refractivity contribution is -0.164. The van der Waals surface area contributed by atoms with Crippen LogP contribution in [0.15, 0.2) is 5.38 Å². The summed E-state index contributed by atoms with van der Waals surface area (Å²) >= 11 is 1.27. The minimum Gasteiger partial charge on any atom is -0.458 e. The monoisotopic (exact) mass is 244 g/mol. The summed E-state index contributed by atoms with van der Waals surface area (Å²) in [5.74, 6) is -0.640. The van der Waals surface area contributed by atoms with E-state index in [9.17, 15) is 9.90 Å². The van der Waals surface area contributed by atoms with E-state index in [0.717, 1.165) is 0 Å². The van der Waals surface area contributed by atoms with Gasteiger partial charge in [0.15, 0.2) is 11.2 Å². The molecular formula is C10H16N2O3S. The van der Waals surface area contributed by atoms with Crippen LogP contribution in [0.5, 0.6) is 0 Å². The van der Waals surface area contributed by atoms with Crippen molar-refractivity contribution in [2.45, 2.75) is 38.9 Å². The van der Waals surface area contributed by atoms with E-state index in [2.05, 4.69) is 4.98 Å². The maximum atomic E-state index is 11.4. The Labute approximate surface area is 98.3 Å². The lowest BCUT2D eigenvalue weighted by Crippen LogP contribution is -2.33. The summed E-state index contributed by atoms with van der Waals surface area (Å²) in [6, 6.07) is 0. The molecule has 90 valence electrons. The summed E-state index contributed by atoms with van der Waals surface area (Å²) < 4.78 is 5.03. The largest absolute Gasteiger partial charge is 0.458 e. The quantitative estimate of drug-likeness (QED) is 0.774. The van der Waals surface area contributed by atoms with Gasteiger partial charge in [-0.25, -0.2) is 9.78 Å². The predicted octanol–water partition coefficient (Wildman–Crippen LogP) is 0.970. The van der Waals surface area contributed by atoms with Crippen LogP contribution in [0, 0.1) is 0 Å². The minimum atomic E-state index is -1.19. The molecule has 6 heteroatoms. The summed E-state index contributed by atoms with van der Waals surface area (Å²) in [6.07, 6.45) is -1.07. The van der Waals surface area contributed by atoms with Crippen molar-refractivity contribution in [2.75, 3.05) is 5.73 Å². The van der Waals surface area contributed by atoms with Crippen LogP contribution in [0.25, 0.3) is 0 Å². The first-order chi connectivity index (χ1) is 7.28. The number of aliphatic hydroxyl groups is 1. The number of nitrogens with two attached hydrogens (primary N) is 1. The smallest absolute Gasteiger partial charge is 0.335 e. The highest BCUT2D eigenvalue weighted by Gasteiger charge is 2.24. The Balaban J connectivity index is 2.52. The van der Waals surface area contributed by atoms with E-state index >= 15 is 0 Å². The molecule has 0 radical (unpaired) electrons. The van der Waals surface area contributed by atoms with Gasteiger partial charge in [-0.3, -0.25) is 0 Å². The standard InChI is InChI=1S/C10H16N2O3S/c1-10(2,3)15-8(14)7(13)4-6-5-16-9(11)12-6/h5,7,13H,4H2,1-3H3,(H2,11,12). The summed E-state index contributed by atoms with van der Waals surface area (Å²) in [5, 5.41) is 11.7. The van der Waals surface area contributed by atoms with Gasteiger partial charge in [0.05, 0.1) is 5.69 Å². The maximum Gasteiger partial charge on any atom is 0.335 e. The SMILES string of the molecule is CC(C)(C)OC(=O)C(O)Cc1csc(N)n1. The third-order valence-electron chi connectivity index (χ3n) is 1.65. The number of anilines is 1. The summed E-state index contributed by atoms with van der Waals surface area (Å²) in [6.45, 7) is 5.25. The first-order valence-electron chi connectivity index (χ1n) is 4.89. The molecule has 1 unspecified atom stereocenters. The second-order valence-electron chi connectivity index (χ2n) is 4.43. The second kappa shape index (κ2) is 4.80. The number of aromatic nitrogens is 1. The number of rotatable bonds is 3. The number of nitrogen functional groups attached to an aromatic ring is 1. The number of ether oxygens (including phenoxy) is 1. The van der Waals surface area contributed by atoms with Crippen molar-refractivity contribution >= 4 is 22.4 Å². The first-order valence-corrected chi connectivity index (χ1v) is 5.77. The Bertz CT molecular complexity index is 370. The third kappa shape index (κ3) is 4.16. The fourth-order valence-electron chi connectivity index (χ4n) is 1.07. The van der Waals surface area contributed by atoms with Crippen molar-refractivity contribution in [1.29, 1.82) is 0 Å². The molecule has 0 aliphatic heterocycles. The van der Waals surface area contributed by atoms with Crippen molar-refractivity contribution < 1.29 is 14.6 Å². The molecule has 3 N–H and O–H groups in total. The Morgan fingerprint density at radius 2 is 2.31 bits per heavy atom. The molecule has 1 aromatic heterocycles. The summed E-state index contributed by atoms with van der Waals surface area (Å²) in [4.78, 5) is 15.4. The highest BCUT2D eigenvalue weighted by molar-refractivity contribution is 7.13. The van der Waals surface area contributed by atoms with Gasteiger partial charge >= 0.3 is 5.97 Å². The molecule has 1 heterocycles. The summed E-state index contributed by atoms with van der Waals surface area (Å²) in [7, 11) is 0. The highest BCUT2D eigenvalue weighted by atomic mass is 32.1. The lowest BCUT2D eigenvalue weighted by atomic mass is 10.1. The molecule has 0 aliphatic carbocycles. The number of hydrogen-bond donors (Lipinski definition) is 2. The van der Waals surface area contributed by atoms with Gasteiger partial charge in [-0.2, -0.15) is 0 Å². The third-order valence-corrected chi connectivity index (χ3v) is 2.37. The van der Waals surface area contributed by atoms with Gasteiger partial charge in [-0.05, 0) is 20.8 Å². The number of carbonyl (C=O) groups excluding carboxylic acids is 1. The molecule has 1 aromatic rings. The molecule has 0 bridgehead atoms. The van der Waals surface area contributed by atoms with Crippen LogP contribution in [0.3, 0.4) is 0 Å². The van der Waals surface area contributed by atoms with Crippen LogP contribution >= 0.6 is 11.3 Å². The van der Waals surface area contributed by atoms with E-state index in [1.165, 1.54) is 11.3 Å². The van der Waals surface area contributed by atoms with Gasteiger partial charge in [0, 0.05) is 11.8 Å². The predicted molar refractivity (Wildman–Crippen MR) is 62.1 cm³/mol. The minimum absolute atomic E-state index is 0.128. The molecule has 16 heavy (non-hydrogen) atoms. The molecule has 0 saturated heterocycles. The fraction of sp³-hybridized carbons (Fsp3) is 0.600. The van der Waals surface area contributed by atoms with Gasteiger partial charge < -0.3 is 15.6 Å². The zero-order chi connectivity index (χ0) is 12.3. The average Bonchev–Trinajstić information content (AvgIpc) is 2.48. The van der Waals surface area contributed by atoms with Gasteiger partial charge in [0.25, 0.3) is 0 Å². The van der Waals surface area contributed by atoms with Crippen LogP contribution in [0.4, 0.5) is 5.13 Å².